The molecule has 1 aliphatic heterocycles. The van der Waals surface area contributed by atoms with Gasteiger partial charge in [0.1, 0.15) is 11.6 Å². The lowest BCUT2D eigenvalue weighted by atomic mass is 10.0. The molecule has 1 aromatic rings. The number of likely N-dealkylation sites (tertiary alicyclic amines) is 1. The first-order chi connectivity index (χ1) is 8.15. The number of ketones is 1. The highest BCUT2D eigenvalue weighted by atomic mass is 19.1. The summed E-state index contributed by atoms with van der Waals surface area (Å²) in [6, 6.07) is 4.96. The highest BCUT2D eigenvalue weighted by Gasteiger charge is 2.15. The van der Waals surface area contributed by atoms with Crippen molar-refractivity contribution in [1.29, 1.82) is 0 Å². The predicted octanol–water partition coefficient (Wildman–Crippen LogP) is 2.34. The van der Waals surface area contributed by atoms with E-state index in [9.17, 15) is 9.18 Å². The number of benzene rings is 1. The van der Waals surface area contributed by atoms with E-state index in [2.05, 4.69) is 4.90 Å². The molecule has 92 valence electrons. The van der Waals surface area contributed by atoms with Gasteiger partial charge in [-0.05, 0) is 36.6 Å². The first kappa shape index (κ1) is 12.2. The zero-order valence-electron chi connectivity index (χ0n) is 10.2. The van der Waals surface area contributed by atoms with E-state index in [-0.39, 0.29) is 5.82 Å². The van der Waals surface area contributed by atoms with Crippen molar-refractivity contribution in [1.82, 2.24) is 4.90 Å². The van der Waals surface area contributed by atoms with Crippen molar-refractivity contribution < 1.29 is 9.18 Å². The molecule has 1 saturated heterocycles. The van der Waals surface area contributed by atoms with Gasteiger partial charge in [-0.1, -0.05) is 6.07 Å². The van der Waals surface area contributed by atoms with Crippen LogP contribution in [0.2, 0.25) is 0 Å². The van der Waals surface area contributed by atoms with Crippen LogP contribution < -0.4 is 0 Å². The summed E-state index contributed by atoms with van der Waals surface area (Å²) in [6.45, 7) is 4.65. The Balaban J connectivity index is 1.87. The Labute approximate surface area is 101 Å². The van der Waals surface area contributed by atoms with Gasteiger partial charge in [0.2, 0.25) is 0 Å². The van der Waals surface area contributed by atoms with Crippen molar-refractivity contribution in [3.8, 4) is 0 Å². The van der Waals surface area contributed by atoms with Crippen LogP contribution in [0.3, 0.4) is 0 Å². The maximum Gasteiger partial charge on any atom is 0.135 e. The summed E-state index contributed by atoms with van der Waals surface area (Å²) >= 11 is 0. The number of hydrogen-bond donors (Lipinski definition) is 0. The molecule has 17 heavy (non-hydrogen) atoms. The molecule has 2 nitrogen and oxygen atoms in total. The molecule has 0 unspecified atom stereocenters. The van der Waals surface area contributed by atoms with Gasteiger partial charge in [0, 0.05) is 32.5 Å². The van der Waals surface area contributed by atoms with Crippen LogP contribution in [-0.4, -0.2) is 30.3 Å². The molecule has 3 heteroatoms. The Bertz CT molecular complexity index is 407. The zero-order chi connectivity index (χ0) is 12.3. The summed E-state index contributed by atoms with van der Waals surface area (Å²) < 4.78 is 12.9. The molecule has 0 spiro atoms. The zero-order valence-corrected chi connectivity index (χ0v) is 10.2. The Kier molecular flexibility index (Phi) is 3.89. The van der Waals surface area contributed by atoms with Crippen molar-refractivity contribution in [3.63, 3.8) is 0 Å². The molecular weight excluding hydrogens is 217 g/mol. The molecule has 2 rings (SSSR count). The minimum atomic E-state index is -0.171. The van der Waals surface area contributed by atoms with Gasteiger partial charge in [-0.2, -0.15) is 0 Å². The number of rotatable bonds is 3. The third kappa shape index (κ3) is 3.37. The summed E-state index contributed by atoms with van der Waals surface area (Å²) in [4.78, 5) is 13.4. The summed E-state index contributed by atoms with van der Waals surface area (Å²) in [5.41, 5.74) is 2.21. The van der Waals surface area contributed by atoms with Crippen LogP contribution in [0.25, 0.3) is 0 Å². The molecule has 0 N–H and O–H groups in total. The van der Waals surface area contributed by atoms with E-state index in [0.717, 1.165) is 31.6 Å². The Morgan fingerprint density at radius 3 is 2.65 bits per heavy atom. The quantitative estimate of drug-likeness (QED) is 0.801. The third-order valence-electron chi connectivity index (χ3n) is 3.42. The second-order valence-electron chi connectivity index (χ2n) is 4.70. The van der Waals surface area contributed by atoms with E-state index in [0.29, 0.717) is 18.6 Å². The van der Waals surface area contributed by atoms with Crippen molar-refractivity contribution in [2.45, 2.75) is 26.2 Å². The topological polar surface area (TPSA) is 20.3 Å². The number of piperidine rings is 1. The molecule has 0 amide bonds. The molecular formula is C14H18FNO. The lowest BCUT2D eigenvalue weighted by Gasteiger charge is -2.25. The molecule has 0 bridgehead atoms. The van der Waals surface area contributed by atoms with Gasteiger partial charge in [-0.3, -0.25) is 4.79 Å². The lowest BCUT2D eigenvalue weighted by Crippen LogP contribution is -2.35. The molecule has 0 aromatic heterocycles. The second-order valence-corrected chi connectivity index (χ2v) is 4.70. The minimum Gasteiger partial charge on any atom is -0.302 e. The van der Waals surface area contributed by atoms with Crippen molar-refractivity contribution in [2.24, 2.45) is 0 Å². The minimum absolute atomic E-state index is 0.171. The molecule has 0 aliphatic carbocycles. The fourth-order valence-electron chi connectivity index (χ4n) is 2.24. The Morgan fingerprint density at radius 2 is 2.00 bits per heavy atom. The highest BCUT2D eigenvalue weighted by Crippen LogP contribution is 2.13. The molecule has 1 heterocycles. The summed E-state index contributed by atoms with van der Waals surface area (Å²) in [5, 5.41) is 0. The second kappa shape index (κ2) is 5.41. The van der Waals surface area contributed by atoms with Gasteiger partial charge < -0.3 is 4.90 Å². The Hall–Kier alpha value is -1.22. The van der Waals surface area contributed by atoms with E-state index in [1.54, 1.807) is 6.07 Å². The molecule has 0 radical (unpaired) electrons. The molecule has 1 aromatic carbocycles. The monoisotopic (exact) mass is 235 g/mol. The van der Waals surface area contributed by atoms with Crippen molar-refractivity contribution >= 4 is 5.78 Å². The number of hydrogen-bond acceptors (Lipinski definition) is 2. The number of carbonyl (C=O) groups excluding carboxylic acids is 1. The average molecular weight is 235 g/mol. The lowest BCUT2D eigenvalue weighted by molar-refractivity contribution is -0.121. The van der Waals surface area contributed by atoms with Crippen LogP contribution >= 0.6 is 0 Å². The van der Waals surface area contributed by atoms with Gasteiger partial charge >= 0.3 is 0 Å². The van der Waals surface area contributed by atoms with Crippen LogP contribution in [0.15, 0.2) is 18.2 Å². The number of carbonyl (C=O) groups is 1. The molecule has 1 fully saturated rings. The van der Waals surface area contributed by atoms with Crippen molar-refractivity contribution in [3.05, 3.63) is 35.1 Å². The van der Waals surface area contributed by atoms with Crippen LogP contribution in [0.1, 0.15) is 24.0 Å². The van der Waals surface area contributed by atoms with Crippen LogP contribution in [0.4, 0.5) is 4.39 Å². The van der Waals surface area contributed by atoms with Gasteiger partial charge in [0.05, 0.1) is 0 Å². The summed E-state index contributed by atoms with van der Waals surface area (Å²) in [7, 11) is 0. The molecule has 1 aliphatic rings. The first-order valence-electron chi connectivity index (χ1n) is 6.14. The van der Waals surface area contributed by atoms with E-state index >= 15 is 0 Å². The van der Waals surface area contributed by atoms with Crippen LogP contribution in [0, 0.1) is 12.7 Å². The SMILES string of the molecule is Cc1cc(F)ccc1CCN1CCC(=O)CC1. The normalized spacial score (nSPS) is 17.4. The number of aryl methyl sites for hydroxylation is 1. The maximum atomic E-state index is 12.9. The standard InChI is InChI=1S/C14H18FNO/c1-11-10-13(15)3-2-12(11)4-7-16-8-5-14(17)6-9-16/h2-3,10H,4-9H2,1H3. The third-order valence-corrected chi connectivity index (χ3v) is 3.42. The van der Waals surface area contributed by atoms with E-state index in [1.165, 1.54) is 11.6 Å². The van der Waals surface area contributed by atoms with Gasteiger partial charge in [0.25, 0.3) is 0 Å². The number of Topliss-reactive ketones (excluding diaryl/α,β-unsaturated/α-hetero) is 1. The molecule has 0 atom stereocenters. The number of halogens is 1. The first-order valence-corrected chi connectivity index (χ1v) is 6.14. The average Bonchev–Trinajstić information content (AvgIpc) is 2.30. The highest BCUT2D eigenvalue weighted by molar-refractivity contribution is 5.79. The van der Waals surface area contributed by atoms with Gasteiger partial charge in [-0.25, -0.2) is 4.39 Å². The van der Waals surface area contributed by atoms with E-state index in [4.69, 9.17) is 0 Å². The maximum absolute atomic E-state index is 12.9. The Morgan fingerprint density at radius 1 is 1.29 bits per heavy atom. The summed E-state index contributed by atoms with van der Waals surface area (Å²) in [6.07, 6.45) is 2.30. The smallest absolute Gasteiger partial charge is 0.135 e. The van der Waals surface area contributed by atoms with E-state index < -0.39 is 0 Å². The van der Waals surface area contributed by atoms with Crippen LogP contribution in [0.5, 0.6) is 0 Å². The predicted molar refractivity (Wildman–Crippen MR) is 65.5 cm³/mol. The van der Waals surface area contributed by atoms with Crippen LogP contribution in [-0.2, 0) is 11.2 Å². The van der Waals surface area contributed by atoms with Gasteiger partial charge in [0.15, 0.2) is 0 Å². The fourth-order valence-corrected chi connectivity index (χ4v) is 2.24. The van der Waals surface area contributed by atoms with Crippen molar-refractivity contribution in [2.75, 3.05) is 19.6 Å². The van der Waals surface area contributed by atoms with Gasteiger partial charge in [-0.15, -0.1) is 0 Å². The molecule has 0 saturated carbocycles. The fraction of sp³-hybridized carbons (Fsp3) is 0.500. The van der Waals surface area contributed by atoms with E-state index in [1.807, 2.05) is 13.0 Å². The summed E-state index contributed by atoms with van der Waals surface area (Å²) in [5.74, 6) is 0.203. The number of nitrogens with zero attached hydrogens (tertiary/aromatic N) is 1. The largest absolute Gasteiger partial charge is 0.302 e.